The smallest absolute Gasteiger partial charge is 0.305 e. The molecule has 180 valence electrons. The van der Waals surface area contributed by atoms with Crippen molar-refractivity contribution in [2.45, 2.75) is 65.1 Å². The van der Waals surface area contributed by atoms with E-state index >= 15 is 0 Å². The van der Waals surface area contributed by atoms with E-state index in [4.69, 9.17) is 0 Å². The van der Waals surface area contributed by atoms with Crippen molar-refractivity contribution < 1.29 is 33.9 Å². The standard InChI is InChI=1S/C20H33N5O7/c1-10(2)7-12-18(30)24-13(8-16(28)29)19(31)25-17(11(3)4)20(32)22-9-15(27)21-6-5-14(26)23-12/h10-13,17H,5-9H2,1-4H3,(H,21,27)(H,22,32)(H,23,26)(H,24,30)(H,25,31)(H,28,29)/t12-,13-,17-/m0/s1. The molecule has 12 heteroatoms. The summed E-state index contributed by atoms with van der Waals surface area (Å²) < 4.78 is 0. The molecule has 1 fully saturated rings. The molecule has 1 saturated heterocycles. The van der Waals surface area contributed by atoms with Gasteiger partial charge in [-0.1, -0.05) is 27.7 Å². The zero-order valence-electron chi connectivity index (χ0n) is 18.8. The average molecular weight is 456 g/mol. The minimum absolute atomic E-state index is 0.00252. The SMILES string of the molecule is CC(C)C[C@@H]1NC(=O)CCNC(=O)CNC(=O)[C@H](C(C)C)NC(=O)[C@H](CC(=O)O)NC1=O. The molecule has 1 rings (SSSR count). The molecule has 0 radical (unpaired) electrons. The Hall–Kier alpha value is -3.18. The molecule has 0 spiro atoms. The normalized spacial score (nSPS) is 24.3. The second kappa shape index (κ2) is 12.6. The van der Waals surface area contributed by atoms with Gasteiger partial charge in [0.2, 0.25) is 29.5 Å². The van der Waals surface area contributed by atoms with E-state index < -0.39 is 60.1 Å². The van der Waals surface area contributed by atoms with Gasteiger partial charge in [-0.05, 0) is 18.3 Å². The molecule has 6 N–H and O–H groups in total. The summed E-state index contributed by atoms with van der Waals surface area (Å²) >= 11 is 0. The van der Waals surface area contributed by atoms with Gasteiger partial charge in [0, 0.05) is 13.0 Å². The number of hydrogen-bond donors (Lipinski definition) is 6. The Balaban J connectivity index is 3.21. The molecule has 0 aromatic rings. The van der Waals surface area contributed by atoms with Gasteiger partial charge < -0.3 is 31.7 Å². The Labute approximate surface area is 186 Å². The number of nitrogens with one attached hydrogen (secondary N) is 5. The highest BCUT2D eigenvalue weighted by atomic mass is 16.4. The molecule has 0 saturated carbocycles. The van der Waals surface area contributed by atoms with Crippen LogP contribution in [-0.2, 0) is 28.8 Å². The minimum Gasteiger partial charge on any atom is -0.481 e. The maximum Gasteiger partial charge on any atom is 0.305 e. The monoisotopic (exact) mass is 455 g/mol. The van der Waals surface area contributed by atoms with Gasteiger partial charge in [0.25, 0.3) is 0 Å². The number of hydrogen-bond acceptors (Lipinski definition) is 6. The first kappa shape index (κ1) is 26.9. The first-order valence-corrected chi connectivity index (χ1v) is 10.6. The maximum atomic E-state index is 12.8. The molecule has 12 nitrogen and oxygen atoms in total. The van der Waals surface area contributed by atoms with Gasteiger partial charge in [-0.3, -0.25) is 28.8 Å². The molecule has 0 unspecified atom stereocenters. The zero-order chi connectivity index (χ0) is 24.4. The van der Waals surface area contributed by atoms with Crippen molar-refractivity contribution in [2.75, 3.05) is 13.1 Å². The van der Waals surface area contributed by atoms with Crippen LogP contribution in [0, 0.1) is 11.8 Å². The second-order valence-electron chi connectivity index (χ2n) is 8.46. The first-order chi connectivity index (χ1) is 14.9. The third kappa shape index (κ3) is 9.31. The van der Waals surface area contributed by atoms with E-state index in [2.05, 4.69) is 26.6 Å². The van der Waals surface area contributed by atoms with Gasteiger partial charge in [0.1, 0.15) is 18.1 Å². The summed E-state index contributed by atoms with van der Waals surface area (Å²) in [6.07, 6.45) is -0.563. The number of rotatable bonds is 5. The largest absolute Gasteiger partial charge is 0.481 e. The Morgan fingerprint density at radius 3 is 2.06 bits per heavy atom. The molecular formula is C20H33N5O7. The van der Waals surface area contributed by atoms with Crippen molar-refractivity contribution in [1.82, 2.24) is 26.6 Å². The lowest BCUT2D eigenvalue weighted by atomic mass is 10.0. The average Bonchev–Trinajstić information content (AvgIpc) is 2.67. The van der Waals surface area contributed by atoms with Crippen LogP contribution in [0.2, 0.25) is 0 Å². The predicted octanol–water partition coefficient (Wildman–Crippen LogP) is -1.75. The van der Waals surface area contributed by atoms with Crippen molar-refractivity contribution in [3.05, 3.63) is 0 Å². The van der Waals surface area contributed by atoms with E-state index in [1.807, 2.05) is 13.8 Å². The van der Waals surface area contributed by atoms with Crippen LogP contribution in [0.25, 0.3) is 0 Å². The maximum absolute atomic E-state index is 12.8. The number of amides is 5. The topological polar surface area (TPSA) is 183 Å². The summed E-state index contributed by atoms with van der Waals surface area (Å²) in [7, 11) is 0. The van der Waals surface area contributed by atoms with Crippen molar-refractivity contribution in [3.63, 3.8) is 0 Å². The zero-order valence-corrected chi connectivity index (χ0v) is 18.8. The molecule has 0 bridgehead atoms. The molecule has 32 heavy (non-hydrogen) atoms. The highest BCUT2D eigenvalue weighted by molar-refractivity contribution is 5.96. The van der Waals surface area contributed by atoms with Crippen molar-refractivity contribution in [3.8, 4) is 0 Å². The van der Waals surface area contributed by atoms with Crippen LogP contribution in [0.3, 0.4) is 0 Å². The van der Waals surface area contributed by atoms with Crippen LogP contribution < -0.4 is 26.6 Å². The van der Waals surface area contributed by atoms with Gasteiger partial charge in [0.05, 0.1) is 13.0 Å². The number of carbonyl (C=O) groups is 6. The summed E-state index contributed by atoms with van der Waals surface area (Å²) in [5, 5.41) is 21.5. The minimum atomic E-state index is -1.46. The summed E-state index contributed by atoms with van der Waals surface area (Å²) in [5.74, 6) is -4.92. The number of carboxylic acids is 1. The lowest BCUT2D eigenvalue weighted by molar-refractivity contribution is -0.141. The Bertz CT molecular complexity index is 738. The van der Waals surface area contributed by atoms with Gasteiger partial charge in [0.15, 0.2) is 0 Å². The van der Waals surface area contributed by atoms with E-state index in [9.17, 15) is 33.9 Å². The highest BCUT2D eigenvalue weighted by Crippen LogP contribution is 2.08. The van der Waals surface area contributed by atoms with E-state index in [-0.39, 0.29) is 37.8 Å². The van der Waals surface area contributed by atoms with Crippen molar-refractivity contribution in [2.24, 2.45) is 11.8 Å². The number of carbonyl (C=O) groups excluding carboxylic acids is 5. The fourth-order valence-electron chi connectivity index (χ4n) is 3.07. The van der Waals surface area contributed by atoms with Gasteiger partial charge in [-0.15, -0.1) is 0 Å². The number of aliphatic carboxylic acids is 1. The summed E-state index contributed by atoms with van der Waals surface area (Å²) in [6, 6.07) is -3.52. The molecule has 1 heterocycles. The van der Waals surface area contributed by atoms with Crippen LogP contribution in [0.5, 0.6) is 0 Å². The van der Waals surface area contributed by atoms with E-state index in [1.54, 1.807) is 13.8 Å². The second-order valence-corrected chi connectivity index (χ2v) is 8.46. The summed E-state index contributed by atoms with van der Waals surface area (Å²) in [6.45, 7) is 6.66. The van der Waals surface area contributed by atoms with Crippen LogP contribution >= 0.6 is 0 Å². The quantitative estimate of drug-likeness (QED) is 0.284. The Morgan fingerprint density at radius 1 is 0.875 bits per heavy atom. The molecule has 5 amide bonds. The first-order valence-electron chi connectivity index (χ1n) is 10.6. The fourth-order valence-corrected chi connectivity index (χ4v) is 3.07. The van der Waals surface area contributed by atoms with Crippen LogP contribution in [0.4, 0.5) is 0 Å². The molecule has 0 aromatic carbocycles. The molecule has 0 aromatic heterocycles. The fraction of sp³-hybridized carbons (Fsp3) is 0.700. The highest BCUT2D eigenvalue weighted by Gasteiger charge is 2.32. The Kier molecular flexibility index (Phi) is 10.6. The molecule has 1 aliphatic rings. The van der Waals surface area contributed by atoms with E-state index in [0.29, 0.717) is 0 Å². The summed E-state index contributed by atoms with van der Waals surface area (Å²) in [4.78, 5) is 73.5. The van der Waals surface area contributed by atoms with E-state index in [0.717, 1.165) is 0 Å². The van der Waals surface area contributed by atoms with Crippen molar-refractivity contribution >= 4 is 35.5 Å². The van der Waals surface area contributed by atoms with Crippen molar-refractivity contribution in [1.29, 1.82) is 0 Å². The van der Waals surface area contributed by atoms with Crippen LogP contribution in [-0.4, -0.2) is 71.8 Å². The molecular weight excluding hydrogens is 422 g/mol. The third-order valence-electron chi connectivity index (χ3n) is 4.71. The van der Waals surface area contributed by atoms with Gasteiger partial charge >= 0.3 is 5.97 Å². The van der Waals surface area contributed by atoms with E-state index in [1.165, 1.54) is 0 Å². The third-order valence-corrected chi connectivity index (χ3v) is 4.71. The Morgan fingerprint density at radius 2 is 1.50 bits per heavy atom. The molecule has 0 aliphatic carbocycles. The van der Waals surface area contributed by atoms with Gasteiger partial charge in [-0.2, -0.15) is 0 Å². The summed E-state index contributed by atoms with van der Waals surface area (Å²) in [5.41, 5.74) is 0. The molecule has 3 atom stereocenters. The van der Waals surface area contributed by atoms with Crippen LogP contribution in [0.15, 0.2) is 0 Å². The van der Waals surface area contributed by atoms with Crippen LogP contribution in [0.1, 0.15) is 47.0 Å². The predicted molar refractivity (Wildman–Crippen MR) is 113 cm³/mol. The number of carboxylic acid groups (broad SMARTS) is 1. The lowest BCUT2D eigenvalue weighted by Gasteiger charge is -2.27. The van der Waals surface area contributed by atoms with Gasteiger partial charge in [-0.25, -0.2) is 0 Å². The lowest BCUT2D eigenvalue weighted by Crippen LogP contribution is -2.59. The molecule has 1 aliphatic heterocycles.